The lowest BCUT2D eigenvalue weighted by Crippen LogP contribution is -2.33. The van der Waals surface area contributed by atoms with Crippen molar-refractivity contribution in [2.75, 3.05) is 25.0 Å². The highest BCUT2D eigenvalue weighted by Gasteiger charge is 2.13. The molecule has 1 unspecified atom stereocenters. The van der Waals surface area contributed by atoms with Gasteiger partial charge in [-0.1, -0.05) is 18.2 Å². The van der Waals surface area contributed by atoms with Gasteiger partial charge in [0.05, 0.1) is 0 Å². The van der Waals surface area contributed by atoms with Crippen LogP contribution >= 0.6 is 0 Å². The minimum Gasteiger partial charge on any atom is -0.384 e. The molecule has 2 N–H and O–H groups in total. The molecule has 2 rings (SSSR count). The predicted molar refractivity (Wildman–Crippen MR) is 70.0 cm³/mol. The maximum atomic E-state index is 3.61. The lowest BCUT2D eigenvalue weighted by Gasteiger charge is -2.24. The lowest BCUT2D eigenvalue weighted by molar-refractivity contribution is 0.393. The predicted octanol–water partition coefficient (Wildman–Crippen LogP) is 2.71. The molecule has 1 aromatic rings. The third kappa shape index (κ3) is 2.76. The fraction of sp³-hybridized carbons (Fsp3) is 0.571. The number of aryl methyl sites for hydroxylation is 2. The number of anilines is 1. The first-order valence-corrected chi connectivity index (χ1v) is 6.28. The molecule has 1 atom stereocenters. The van der Waals surface area contributed by atoms with Crippen molar-refractivity contribution in [3.63, 3.8) is 0 Å². The summed E-state index contributed by atoms with van der Waals surface area (Å²) in [5, 5.41) is 7.07. The zero-order valence-electron chi connectivity index (χ0n) is 10.3. The molecule has 1 aliphatic heterocycles. The van der Waals surface area contributed by atoms with Crippen LogP contribution in [-0.4, -0.2) is 19.6 Å². The van der Waals surface area contributed by atoms with Gasteiger partial charge in [-0.05, 0) is 56.8 Å². The van der Waals surface area contributed by atoms with E-state index in [1.807, 2.05) is 0 Å². The Morgan fingerprint density at radius 1 is 1.31 bits per heavy atom. The van der Waals surface area contributed by atoms with E-state index in [9.17, 15) is 0 Å². The summed E-state index contributed by atoms with van der Waals surface area (Å²) in [6.45, 7) is 7.80. The summed E-state index contributed by atoms with van der Waals surface area (Å²) in [5.41, 5.74) is 4.03. The van der Waals surface area contributed by atoms with Gasteiger partial charge in [-0.15, -0.1) is 0 Å². The molecule has 1 fully saturated rings. The van der Waals surface area contributed by atoms with E-state index in [0.29, 0.717) is 0 Å². The standard InChI is InChI=1S/C14H22N2/c1-11-5-3-6-12(2)14(11)16-10-13-7-4-8-15-9-13/h3,5-6,13,15-16H,4,7-10H2,1-2H3. The monoisotopic (exact) mass is 218 g/mol. The van der Waals surface area contributed by atoms with E-state index in [4.69, 9.17) is 0 Å². The molecule has 0 spiro atoms. The van der Waals surface area contributed by atoms with Crippen molar-refractivity contribution < 1.29 is 0 Å². The number of rotatable bonds is 3. The van der Waals surface area contributed by atoms with Crippen LogP contribution in [0, 0.1) is 19.8 Å². The Morgan fingerprint density at radius 2 is 2.06 bits per heavy atom. The summed E-state index contributed by atoms with van der Waals surface area (Å²) >= 11 is 0. The van der Waals surface area contributed by atoms with Crippen LogP contribution in [0.4, 0.5) is 5.69 Å². The van der Waals surface area contributed by atoms with E-state index < -0.39 is 0 Å². The van der Waals surface area contributed by atoms with Crippen LogP contribution in [0.3, 0.4) is 0 Å². The number of benzene rings is 1. The Bertz CT molecular complexity index is 320. The molecule has 0 aromatic heterocycles. The molecule has 0 amide bonds. The van der Waals surface area contributed by atoms with Crippen molar-refractivity contribution in [3.05, 3.63) is 29.3 Å². The molecule has 1 saturated heterocycles. The van der Waals surface area contributed by atoms with Crippen LogP contribution < -0.4 is 10.6 Å². The Kier molecular flexibility index (Phi) is 3.83. The molecule has 1 heterocycles. The largest absolute Gasteiger partial charge is 0.384 e. The molecular weight excluding hydrogens is 196 g/mol. The van der Waals surface area contributed by atoms with Crippen molar-refractivity contribution in [1.82, 2.24) is 5.32 Å². The zero-order valence-corrected chi connectivity index (χ0v) is 10.3. The summed E-state index contributed by atoms with van der Waals surface area (Å²) in [7, 11) is 0. The van der Waals surface area contributed by atoms with E-state index in [2.05, 4.69) is 42.7 Å². The van der Waals surface area contributed by atoms with Crippen molar-refractivity contribution in [3.8, 4) is 0 Å². The SMILES string of the molecule is Cc1cccc(C)c1NCC1CCCNC1. The van der Waals surface area contributed by atoms with Gasteiger partial charge < -0.3 is 10.6 Å². The first-order valence-electron chi connectivity index (χ1n) is 6.28. The van der Waals surface area contributed by atoms with Crippen LogP contribution in [0.2, 0.25) is 0 Å². The Hall–Kier alpha value is -1.02. The van der Waals surface area contributed by atoms with Crippen LogP contribution in [0.15, 0.2) is 18.2 Å². The molecule has 16 heavy (non-hydrogen) atoms. The van der Waals surface area contributed by atoms with Crippen LogP contribution in [0.1, 0.15) is 24.0 Å². The number of hydrogen-bond acceptors (Lipinski definition) is 2. The van der Waals surface area contributed by atoms with Crippen LogP contribution in [-0.2, 0) is 0 Å². The van der Waals surface area contributed by atoms with Crippen LogP contribution in [0.5, 0.6) is 0 Å². The molecule has 0 bridgehead atoms. The van der Waals surface area contributed by atoms with E-state index in [1.165, 1.54) is 36.2 Å². The summed E-state index contributed by atoms with van der Waals surface area (Å²) in [6, 6.07) is 6.47. The van der Waals surface area contributed by atoms with Gasteiger partial charge in [0.25, 0.3) is 0 Å². The van der Waals surface area contributed by atoms with Gasteiger partial charge in [-0.3, -0.25) is 0 Å². The van der Waals surface area contributed by atoms with E-state index in [0.717, 1.165) is 19.0 Å². The van der Waals surface area contributed by atoms with Crippen LogP contribution in [0.25, 0.3) is 0 Å². The van der Waals surface area contributed by atoms with Crippen molar-refractivity contribution >= 4 is 5.69 Å². The van der Waals surface area contributed by atoms with Crippen molar-refractivity contribution in [2.24, 2.45) is 5.92 Å². The normalized spacial score (nSPS) is 20.8. The van der Waals surface area contributed by atoms with Gasteiger partial charge >= 0.3 is 0 Å². The van der Waals surface area contributed by atoms with E-state index in [1.54, 1.807) is 0 Å². The second-order valence-electron chi connectivity index (χ2n) is 4.86. The maximum Gasteiger partial charge on any atom is 0.0399 e. The van der Waals surface area contributed by atoms with Gasteiger partial charge in [0.2, 0.25) is 0 Å². The van der Waals surface area contributed by atoms with Gasteiger partial charge in [-0.2, -0.15) is 0 Å². The first-order chi connectivity index (χ1) is 7.77. The van der Waals surface area contributed by atoms with Gasteiger partial charge in [0.1, 0.15) is 0 Å². The second kappa shape index (κ2) is 5.35. The molecule has 0 aliphatic carbocycles. The van der Waals surface area contributed by atoms with Gasteiger partial charge in [-0.25, -0.2) is 0 Å². The van der Waals surface area contributed by atoms with E-state index in [-0.39, 0.29) is 0 Å². The molecule has 0 radical (unpaired) electrons. The highest BCUT2D eigenvalue weighted by atomic mass is 14.9. The fourth-order valence-electron chi connectivity index (χ4n) is 2.44. The van der Waals surface area contributed by atoms with Crippen molar-refractivity contribution in [2.45, 2.75) is 26.7 Å². The average Bonchev–Trinajstić information content (AvgIpc) is 2.30. The smallest absolute Gasteiger partial charge is 0.0399 e. The maximum absolute atomic E-state index is 3.61. The minimum absolute atomic E-state index is 0.785. The first kappa shape index (κ1) is 11.5. The number of nitrogens with one attached hydrogen (secondary N) is 2. The fourth-order valence-corrected chi connectivity index (χ4v) is 2.44. The quantitative estimate of drug-likeness (QED) is 0.815. The Balaban J connectivity index is 1.93. The highest BCUT2D eigenvalue weighted by Crippen LogP contribution is 2.20. The minimum atomic E-state index is 0.785. The molecule has 1 aliphatic rings. The Morgan fingerprint density at radius 3 is 2.69 bits per heavy atom. The highest BCUT2D eigenvalue weighted by molar-refractivity contribution is 5.56. The molecule has 1 aromatic carbocycles. The summed E-state index contributed by atoms with van der Waals surface area (Å²) < 4.78 is 0. The topological polar surface area (TPSA) is 24.1 Å². The molecule has 2 heteroatoms. The zero-order chi connectivity index (χ0) is 11.4. The second-order valence-corrected chi connectivity index (χ2v) is 4.86. The lowest BCUT2D eigenvalue weighted by atomic mass is 9.99. The molecule has 2 nitrogen and oxygen atoms in total. The molecule has 88 valence electrons. The average molecular weight is 218 g/mol. The summed E-state index contributed by atoms with van der Waals surface area (Å²) in [6.07, 6.45) is 2.67. The third-order valence-corrected chi connectivity index (χ3v) is 3.45. The Labute approximate surface area is 98.4 Å². The molecular formula is C14H22N2. The number of hydrogen-bond donors (Lipinski definition) is 2. The van der Waals surface area contributed by atoms with E-state index >= 15 is 0 Å². The van der Waals surface area contributed by atoms with Gasteiger partial charge in [0.15, 0.2) is 0 Å². The van der Waals surface area contributed by atoms with Crippen molar-refractivity contribution in [1.29, 1.82) is 0 Å². The number of piperidine rings is 1. The third-order valence-electron chi connectivity index (χ3n) is 3.45. The number of para-hydroxylation sites is 1. The summed E-state index contributed by atoms with van der Waals surface area (Å²) in [5.74, 6) is 0.785. The molecule has 0 saturated carbocycles. The van der Waals surface area contributed by atoms with Gasteiger partial charge in [0, 0.05) is 12.2 Å². The summed E-state index contributed by atoms with van der Waals surface area (Å²) in [4.78, 5) is 0.